The van der Waals surface area contributed by atoms with Crippen molar-refractivity contribution in [3.05, 3.63) is 59.6 Å². The van der Waals surface area contributed by atoms with Crippen molar-refractivity contribution in [1.82, 2.24) is 30.0 Å². The molecule has 5 rings (SSSR count). The maximum Gasteiger partial charge on any atom is 0.273 e. The molecule has 0 spiro atoms. The van der Waals surface area contributed by atoms with Crippen LogP contribution in [0.4, 0.5) is 5.82 Å². The third kappa shape index (κ3) is 5.86. The molecule has 1 aromatic carbocycles. The number of nitrogens with one attached hydrogen (secondary N) is 3. The first kappa shape index (κ1) is 27.7. The predicted octanol–water partition coefficient (Wildman–Crippen LogP) is 3.17. The topological polar surface area (TPSA) is 166 Å². The summed E-state index contributed by atoms with van der Waals surface area (Å²) in [7, 11) is -3.19. The largest absolute Gasteiger partial charge is 0.382 e. The van der Waals surface area contributed by atoms with Crippen molar-refractivity contribution in [3.8, 4) is 11.1 Å². The van der Waals surface area contributed by atoms with Gasteiger partial charge in [-0.25, -0.2) is 17.7 Å². The van der Waals surface area contributed by atoms with E-state index < -0.39 is 21.5 Å². The van der Waals surface area contributed by atoms with Gasteiger partial charge in [-0.2, -0.15) is 5.10 Å². The van der Waals surface area contributed by atoms with Gasteiger partial charge in [-0.05, 0) is 56.4 Å². The second-order valence-electron chi connectivity index (χ2n) is 10.7. The molecule has 0 bridgehead atoms. The molecule has 0 radical (unpaired) electrons. The number of hydrogen-bond acceptors (Lipinski definition) is 9. The Labute approximate surface area is 232 Å². The fourth-order valence-corrected chi connectivity index (χ4v) is 5.67. The molecule has 1 atom stereocenters. The van der Waals surface area contributed by atoms with E-state index in [1.54, 1.807) is 20.0 Å². The van der Waals surface area contributed by atoms with E-state index in [1.807, 2.05) is 37.3 Å². The number of aliphatic hydroxyl groups is 1. The fourth-order valence-electron chi connectivity index (χ4n) is 4.80. The van der Waals surface area contributed by atoms with Crippen LogP contribution in [0.25, 0.3) is 22.2 Å². The lowest BCUT2D eigenvalue weighted by atomic mass is 9.99. The number of nitrogens with zero attached hydrogens (tertiary/aromatic N) is 4. The maximum absolute atomic E-state index is 12.7. The monoisotopic (exact) mass is 567 g/mol. The van der Waals surface area contributed by atoms with Gasteiger partial charge in [0.25, 0.3) is 5.91 Å². The van der Waals surface area contributed by atoms with Crippen molar-refractivity contribution in [2.45, 2.75) is 51.3 Å². The number of fused-ring (bicyclic) bond motifs is 1. The summed E-state index contributed by atoms with van der Waals surface area (Å²) in [6, 6.07) is 11.0. The minimum absolute atomic E-state index is 0.0913. The van der Waals surface area contributed by atoms with Crippen molar-refractivity contribution < 1.29 is 22.8 Å². The van der Waals surface area contributed by atoms with Gasteiger partial charge in [0.15, 0.2) is 22.9 Å². The van der Waals surface area contributed by atoms with Crippen LogP contribution in [-0.4, -0.2) is 69.5 Å². The van der Waals surface area contributed by atoms with Crippen LogP contribution in [-0.2, 0) is 15.6 Å². The molecular formula is C27H33N7O5S. The molecule has 1 unspecified atom stereocenters. The van der Waals surface area contributed by atoms with Gasteiger partial charge in [0, 0.05) is 31.4 Å². The first-order chi connectivity index (χ1) is 18.9. The van der Waals surface area contributed by atoms with Gasteiger partial charge in [0.1, 0.15) is 5.60 Å². The summed E-state index contributed by atoms with van der Waals surface area (Å²) < 4.78 is 30.3. The predicted molar refractivity (Wildman–Crippen MR) is 150 cm³/mol. The van der Waals surface area contributed by atoms with Gasteiger partial charge >= 0.3 is 0 Å². The Hall–Kier alpha value is -3.81. The number of hydrogen-bond donors (Lipinski definition) is 4. The van der Waals surface area contributed by atoms with Crippen LogP contribution < -0.4 is 10.6 Å². The molecule has 40 heavy (non-hydrogen) atoms. The molecule has 1 amide bonds. The van der Waals surface area contributed by atoms with E-state index in [4.69, 9.17) is 4.52 Å². The second-order valence-corrected chi connectivity index (χ2v) is 12.7. The van der Waals surface area contributed by atoms with Crippen LogP contribution in [0.3, 0.4) is 0 Å². The van der Waals surface area contributed by atoms with E-state index in [0.717, 1.165) is 22.1 Å². The van der Waals surface area contributed by atoms with Crippen molar-refractivity contribution in [2.75, 3.05) is 24.7 Å². The number of aromatic nitrogens is 4. The van der Waals surface area contributed by atoms with Gasteiger partial charge < -0.3 is 20.3 Å². The van der Waals surface area contributed by atoms with Gasteiger partial charge in [-0.3, -0.25) is 9.89 Å². The van der Waals surface area contributed by atoms with E-state index in [0.29, 0.717) is 37.4 Å². The minimum atomic E-state index is -3.19. The molecule has 12 nitrogen and oxygen atoms in total. The normalized spacial score (nSPS) is 16.2. The zero-order chi connectivity index (χ0) is 28.7. The summed E-state index contributed by atoms with van der Waals surface area (Å²) in [6.45, 7) is 5.93. The first-order valence-electron chi connectivity index (χ1n) is 13.1. The van der Waals surface area contributed by atoms with Gasteiger partial charge in [0.2, 0.25) is 10.0 Å². The minimum Gasteiger partial charge on any atom is -0.382 e. The highest BCUT2D eigenvalue weighted by Crippen LogP contribution is 2.33. The number of rotatable bonds is 8. The van der Waals surface area contributed by atoms with E-state index in [9.17, 15) is 18.3 Å². The standard InChI is InChI=1S/C27H33N7O5S/c1-16(29-26(35)21-15-22(39-33-21)27(2,3)36)17-5-7-18(8-6-17)20-9-12-28-24-23(20)25(32-31-24)30-19-10-13-34(14-11-19)40(4,37)38/h5-9,12,15-16,19,36H,10-11,13-14H2,1-4H3,(H,29,35)(H2,28,30,31,32). The van der Waals surface area contributed by atoms with Gasteiger partial charge in [0.05, 0.1) is 17.7 Å². The highest BCUT2D eigenvalue weighted by atomic mass is 32.2. The Morgan fingerprint density at radius 2 is 1.90 bits per heavy atom. The lowest BCUT2D eigenvalue weighted by Gasteiger charge is -2.30. The van der Waals surface area contributed by atoms with Crippen molar-refractivity contribution in [3.63, 3.8) is 0 Å². The maximum atomic E-state index is 12.7. The molecule has 212 valence electrons. The molecule has 0 saturated carbocycles. The average Bonchev–Trinajstić information content (AvgIpc) is 3.57. The molecular weight excluding hydrogens is 534 g/mol. The Balaban J connectivity index is 1.30. The third-order valence-corrected chi connectivity index (χ3v) is 8.44. The molecule has 1 fully saturated rings. The number of amides is 1. The quantitative estimate of drug-likeness (QED) is 0.250. The Morgan fingerprint density at radius 3 is 2.52 bits per heavy atom. The Bertz CT molecular complexity index is 1610. The number of aromatic amines is 1. The van der Waals surface area contributed by atoms with Crippen LogP contribution in [0.2, 0.25) is 0 Å². The van der Waals surface area contributed by atoms with Crippen molar-refractivity contribution in [1.29, 1.82) is 0 Å². The zero-order valence-electron chi connectivity index (χ0n) is 22.8. The first-order valence-corrected chi connectivity index (χ1v) is 14.9. The second kappa shape index (κ2) is 10.6. The van der Waals surface area contributed by atoms with Crippen molar-refractivity contribution in [2.24, 2.45) is 0 Å². The molecule has 0 aliphatic carbocycles. The lowest BCUT2D eigenvalue weighted by Crippen LogP contribution is -2.41. The molecule has 3 aromatic heterocycles. The number of H-pyrrole nitrogens is 1. The number of benzene rings is 1. The molecule has 1 aliphatic heterocycles. The number of sulfonamides is 1. The van der Waals surface area contributed by atoms with Crippen molar-refractivity contribution >= 4 is 32.8 Å². The summed E-state index contributed by atoms with van der Waals surface area (Å²) in [5.41, 5.74) is 2.32. The van der Waals surface area contributed by atoms with Crippen LogP contribution in [0.5, 0.6) is 0 Å². The molecule has 4 heterocycles. The summed E-state index contributed by atoms with van der Waals surface area (Å²) in [5, 5.41) is 28.5. The Morgan fingerprint density at radius 1 is 1.20 bits per heavy atom. The highest BCUT2D eigenvalue weighted by Gasteiger charge is 2.27. The van der Waals surface area contributed by atoms with E-state index in [2.05, 4.69) is 31.0 Å². The van der Waals surface area contributed by atoms with Crippen LogP contribution in [0, 0.1) is 0 Å². The van der Waals surface area contributed by atoms with E-state index in [-0.39, 0.29) is 23.5 Å². The Kier molecular flexibility index (Phi) is 7.38. The van der Waals surface area contributed by atoms with Gasteiger partial charge in [-0.15, -0.1) is 0 Å². The summed E-state index contributed by atoms with van der Waals surface area (Å²) >= 11 is 0. The number of carbonyl (C=O) groups is 1. The molecule has 1 saturated heterocycles. The molecule has 4 aromatic rings. The van der Waals surface area contributed by atoms with Crippen LogP contribution >= 0.6 is 0 Å². The SMILES string of the molecule is CC(NC(=O)c1cc(C(C)(C)O)on1)c1ccc(-c2ccnc3[nH]nc(NC4CCN(S(C)(=O)=O)CC4)c23)cc1. The number of piperidine rings is 1. The highest BCUT2D eigenvalue weighted by molar-refractivity contribution is 7.88. The zero-order valence-corrected chi connectivity index (χ0v) is 23.6. The smallest absolute Gasteiger partial charge is 0.273 e. The number of pyridine rings is 1. The van der Waals surface area contributed by atoms with Gasteiger partial charge in [-0.1, -0.05) is 29.4 Å². The van der Waals surface area contributed by atoms with Crippen LogP contribution in [0.15, 0.2) is 47.1 Å². The van der Waals surface area contributed by atoms with E-state index >= 15 is 0 Å². The van der Waals surface area contributed by atoms with Crippen LogP contribution in [0.1, 0.15) is 61.5 Å². The van der Waals surface area contributed by atoms with E-state index in [1.165, 1.54) is 16.6 Å². The fraction of sp³-hybridized carbons (Fsp3) is 0.407. The number of anilines is 1. The molecule has 4 N–H and O–H groups in total. The summed E-state index contributed by atoms with van der Waals surface area (Å²) in [4.78, 5) is 17.1. The third-order valence-electron chi connectivity index (χ3n) is 7.14. The number of carbonyl (C=O) groups excluding carboxylic acids is 1. The molecule has 1 aliphatic rings. The summed E-state index contributed by atoms with van der Waals surface area (Å²) in [6.07, 6.45) is 4.33. The molecule has 13 heteroatoms. The lowest BCUT2D eigenvalue weighted by molar-refractivity contribution is 0.0474. The average molecular weight is 568 g/mol. The summed E-state index contributed by atoms with van der Waals surface area (Å²) in [5.74, 6) is 0.493.